The molecule has 3 heterocycles. The minimum absolute atomic E-state index is 0.284. The van der Waals surface area contributed by atoms with Gasteiger partial charge in [-0.2, -0.15) is 0 Å². The molecule has 2 aromatic heterocycles. The van der Waals surface area contributed by atoms with Crippen molar-refractivity contribution < 1.29 is 10.2 Å². The van der Waals surface area contributed by atoms with Gasteiger partial charge in [-0.1, -0.05) is 30.3 Å². The third-order valence-electron chi connectivity index (χ3n) is 5.10. The highest BCUT2D eigenvalue weighted by atomic mass is 32.2. The fraction of sp³-hybridized carbons (Fsp3) is 0.389. The molecule has 0 amide bonds. The number of aromatic nitrogens is 4. The van der Waals surface area contributed by atoms with Crippen LogP contribution in [-0.2, 0) is 0 Å². The maximum Gasteiger partial charge on any atom is 0.203 e. The minimum atomic E-state index is -0.831. The third kappa shape index (κ3) is 2.65. The SMILES string of the molecule is O[C@@H]1[C@H](O)CS[C@H]1c1nnc2c(NC3CC3c3ccccc3)nccn12. The highest BCUT2D eigenvalue weighted by molar-refractivity contribution is 7.99. The van der Waals surface area contributed by atoms with Crippen LogP contribution in [0.3, 0.4) is 0 Å². The molecule has 1 saturated heterocycles. The molecule has 2 unspecified atom stereocenters. The van der Waals surface area contributed by atoms with Crippen LogP contribution in [0.4, 0.5) is 5.82 Å². The molecule has 3 aromatic rings. The summed E-state index contributed by atoms with van der Waals surface area (Å²) < 4.78 is 1.86. The second-order valence-corrected chi connectivity index (χ2v) is 8.02. The van der Waals surface area contributed by atoms with E-state index in [-0.39, 0.29) is 5.25 Å². The third-order valence-corrected chi connectivity index (χ3v) is 6.48. The van der Waals surface area contributed by atoms with E-state index >= 15 is 0 Å². The Balaban J connectivity index is 1.40. The predicted octanol–water partition coefficient (Wildman–Crippen LogP) is 1.60. The molecule has 7 nitrogen and oxygen atoms in total. The minimum Gasteiger partial charge on any atom is -0.390 e. The van der Waals surface area contributed by atoms with Crippen molar-refractivity contribution >= 4 is 23.2 Å². The van der Waals surface area contributed by atoms with Crippen molar-refractivity contribution in [2.75, 3.05) is 11.1 Å². The first kappa shape index (κ1) is 16.0. The number of benzene rings is 1. The highest BCUT2D eigenvalue weighted by Gasteiger charge is 2.40. The first-order chi connectivity index (χ1) is 12.7. The van der Waals surface area contributed by atoms with Crippen molar-refractivity contribution in [2.24, 2.45) is 0 Å². The summed E-state index contributed by atoms with van der Waals surface area (Å²) in [6, 6.07) is 10.8. The Morgan fingerprint density at radius 3 is 2.77 bits per heavy atom. The summed E-state index contributed by atoms with van der Waals surface area (Å²) in [7, 11) is 0. The van der Waals surface area contributed by atoms with Crippen LogP contribution in [0, 0.1) is 0 Å². The molecule has 0 spiro atoms. The Morgan fingerprint density at radius 2 is 2.00 bits per heavy atom. The lowest BCUT2D eigenvalue weighted by Crippen LogP contribution is -2.25. The van der Waals surface area contributed by atoms with Crippen molar-refractivity contribution in [1.29, 1.82) is 0 Å². The number of aliphatic hydroxyl groups is 2. The maximum absolute atomic E-state index is 10.2. The molecule has 8 heteroatoms. The summed E-state index contributed by atoms with van der Waals surface area (Å²) in [5.41, 5.74) is 1.98. The molecule has 0 radical (unpaired) electrons. The summed E-state index contributed by atoms with van der Waals surface area (Å²) >= 11 is 1.50. The molecule has 1 saturated carbocycles. The van der Waals surface area contributed by atoms with Gasteiger partial charge >= 0.3 is 0 Å². The van der Waals surface area contributed by atoms with Crippen LogP contribution in [0.2, 0.25) is 0 Å². The van der Waals surface area contributed by atoms with E-state index in [1.54, 1.807) is 12.4 Å². The first-order valence-electron chi connectivity index (χ1n) is 8.71. The summed E-state index contributed by atoms with van der Waals surface area (Å²) in [6.45, 7) is 0. The van der Waals surface area contributed by atoms with Crippen molar-refractivity contribution in [3.63, 3.8) is 0 Å². The van der Waals surface area contributed by atoms with E-state index in [0.717, 1.165) is 6.42 Å². The number of aliphatic hydroxyl groups excluding tert-OH is 2. The van der Waals surface area contributed by atoms with E-state index in [2.05, 4.69) is 44.8 Å². The van der Waals surface area contributed by atoms with E-state index in [1.165, 1.54) is 17.3 Å². The van der Waals surface area contributed by atoms with Crippen molar-refractivity contribution in [3.05, 3.63) is 54.1 Å². The monoisotopic (exact) mass is 369 g/mol. The van der Waals surface area contributed by atoms with Gasteiger partial charge in [-0.15, -0.1) is 22.0 Å². The average Bonchev–Trinajstić information content (AvgIpc) is 3.18. The van der Waals surface area contributed by atoms with Gasteiger partial charge in [0.05, 0.1) is 17.5 Å². The van der Waals surface area contributed by atoms with Crippen LogP contribution in [0.1, 0.15) is 29.0 Å². The molecule has 2 aliphatic rings. The van der Waals surface area contributed by atoms with Crippen molar-refractivity contribution in [2.45, 2.75) is 35.8 Å². The van der Waals surface area contributed by atoms with Crippen molar-refractivity contribution in [1.82, 2.24) is 19.6 Å². The van der Waals surface area contributed by atoms with E-state index in [0.29, 0.717) is 35.0 Å². The lowest BCUT2D eigenvalue weighted by Gasteiger charge is -2.13. The number of rotatable bonds is 4. The summed E-state index contributed by atoms with van der Waals surface area (Å²) in [5.74, 6) is 2.34. The fourth-order valence-corrected chi connectivity index (χ4v) is 4.86. The van der Waals surface area contributed by atoms with Gasteiger partial charge < -0.3 is 15.5 Å². The number of hydrogen-bond acceptors (Lipinski definition) is 7. The molecular formula is C18H19N5O2S. The number of nitrogens with zero attached hydrogens (tertiary/aromatic N) is 4. The summed E-state index contributed by atoms with van der Waals surface area (Å²) in [4.78, 5) is 4.44. The first-order valence-corrected chi connectivity index (χ1v) is 9.76. The standard InChI is InChI=1S/C18H19N5O2S/c24-13-9-26-15(14(13)25)17-21-22-18-16(19-6-7-23(17)18)20-12-8-11(12)10-4-2-1-3-5-10/h1-7,11-15,24-25H,8-9H2,(H,19,20)/t11?,12?,13-,14-,15-/m1/s1. The molecule has 0 bridgehead atoms. The van der Waals surface area contributed by atoms with Gasteiger partial charge in [0.15, 0.2) is 11.6 Å². The van der Waals surface area contributed by atoms with Gasteiger partial charge in [0.2, 0.25) is 5.65 Å². The molecule has 1 aliphatic carbocycles. The smallest absolute Gasteiger partial charge is 0.203 e. The normalized spacial score (nSPS) is 30.6. The molecule has 3 N–H and O–H groups in total. The maximum atomic E-state index is 10.2. The van der Waals surface area contributed by atoms with Gasteiger partial charge in [-0.05, 0) is 12.0 Å². The largest absolute Gasteiger partial charge is 0.390 e. The zero-order valence-corrected chi connectivity index (χ0v) is 14.8. The van der Waals surface area contributed by atoms with Gasteiger partial charge in [0.1, 0.15) is 0 Å². The number of fused-ring (bicyclic) bond motifs is 1. The van der Waals surface area contributed by atoms with Gasteiger partial charge in [0.25, 0.3) is 0 Å². The van der Waals surface area contributed by atoms with Crippen LogP contribution in [0.25, 0.3) is 5.65 Å². The summed E-state index contributed by atoms with van der Waals surface area (Å²) in [6.07, 6.45) is 3.02. The Kier molecular flexibility index (Phi) is 3.84. The fourth-order valence-electron chi connectivity index (χ4n) is 3.57. The Morgan fingerprint density at radius 1 is 1.15 bits per heavy atom. The van der Waals surface area contributed by atoms with E-state index < -0.39 is 12.2 Å². The quantitative estimate of drug-likeness (QED) is 0.643. The Labute approximate surface area is 154 Å². The van der Waals surface area contributed by atoms with Crippen LogP contribution in [-0.4, -0.2) is 53.8 Å². The predicted molar refractivity (Wildman–Crippen MR) is 99.2 cm³/mol. The van der Waals surface area contributed by atoms with Crippen LogP contribution < -0.4 is 5.32 Å². The second kappa shape index (κ2) is 6.22. The molecule has 26 heavy (non-hydrogen) atoms. The van der Waals surface area contributed by atoms with E-state index in [1.807, 2.05) is 10.5 Å². The van der Waals surface area contributed by atoms with E-state index in [4.69, 9.17) is 0 Å². The lowest BCUT2D eigenvalue weighted by atomic mass is 10.1. The van der Waals surface area contributed by atoms with Crippen LogP contribution in [0.15, 0.2) is 42.7 Å². The zero-order chi connectivity index (χ0) is 17.7. The molecule has 5 rings (SSSR count). The molecule has 1 aromatic carbocycles. The summed E-state index contributed by atoms with van der Waals surface area (Å²) in [5, 5.41) is 31.7. The van der Waals surface area contributed by atoms with Crippen LogP contribution in [0.5, 0.6) is 0 Å². The number of thioether (sulfide) groups is 1. The zero-order valence-electron chi connectivity index (χ0n) is 13.9. The molecule has 5 atom stereocenters. The number of nitrogens with one attached hydrogen (secondary N) is 1. The Hall–Kier alpha value is -2.16. The van der Waals surface area contributed by atoms with Gasteiger partial charge in [-0.25, -0.2) is 4.98 Å². The molecule has 134 valence electrons. The number of anilines is 1. The van der Waals surface area contributed by atoms with Crippen LogP contribution >= 0.6 is 11.8 Å². The topological polar surface area (TPSA) is 95.6 Å². The Bertz CT molecular complexity index is 934. The lowest BCUT2D eigenvalue weighted by molar-refractivity contribution is 0.0404. The highest BCUT2D eigenvalue weighted by Crippen LogP contribution is 2.43. The van der Waals surface area contributed by atoms with Gasteiger partial charge in [-0.3, -0.25) is 4.40 Å². The molecule has 1 aliphatic heterocycles. The van der Waals surface area contributed by atoms with E-state index in [9.17, 15) is 10.2 Å². The average molecular weight is 369 g/mol. The molecular weight excluding hydrogens is 350 g/mol. The van der Waals surface area contributed by atoms with Crippen molar-refractivity contribution in [3.8, 4) is 0 Å². The molecule has 2 fully saturated rings. The second-order valence-electron chi connectivity index (χ2n) is 6.84. The number of hydrogen-bond donors (Lipinski definition) is 3. The van der Waals surface area contributed by atoms with Gasteiger partial charge in [0, 0.05) is 30.1 Å².